The van der Waals surface area contributed by atoms with Crippen LogP contribution in [0.1, 0.15) is 39.2 Å². The number of aryl methyl sites for hydroxylation is 1. The molecule has 0 aliphatic heterocycles. The molecule has 1 saturated carbocycles. The summed E-state index contributed by atoms with van der Waals surface area (Å²) in [6.45, 7) is 9.40. The third kappa shape index (κ3) is 2.86. The van der Waals surface area contributed by atoms with E-state index in [9.17, 15) is 0 Å². The summed E-state index contributed by atoms with van der Waals surface area (Å²) in [4.78, 5) is 0. The zero-order valence-electron chi connectivity index (χ0n) is 12.6. The molecule has 3 atom stereocenters. The van der Waals surface area contributed by atoms with Crippen molar-refractivity contribution in [2.45, 2.75) is 52.7 Å². The third-order valence-electron chi connectivity index (χ3n) is 4.69. The predicted molar refractivity (Wildman–Crippen MR) is 89.7 cm³/mol. The summed E-state index contributed by atoms with van der Waals surface area (Å²) in [7, 11) is 0. The third-order valence-corrected chi connectivity index (χ3v) is 5.75. The van der Waals surface area contributed by atoms with Gasteiger partial charge in [0.25, 0.3) is 0 Å². The lowest BCUT2D eigenvalue weighted by Gasteiger charge is -2.54. The highest BCUT2D eigenvalue weighted by Gasteiger charge is 2.51. The molecule has 0 radical (unpaired) electrons. The van der Waals surface area contributed by atoms with Gasteiger partial charge in [-0.05, 0) is 60.3 Å². The molecule has 0 aromatic heterocycles. The smallest absolute Gasteiger partial charge is 0.0667 e. The molecule has 1 N–H and O–H groups in total. The molecular formula is C16H23BrClNO. The predicted octanol–water partition coefficient (Wildman–Crippen LogP) is 5.42. The second-order valence-corrected chi connectivity index (χ2v) is 7.08. The summed E-state index contributed by atoms with van der Waals surface area (Å²) in [5.41, 5.74) is 2.34. The number of nitrogens with one attached hydrogen (secondary N) is 1. The molecule has 1 fully saturated rings. The van der Waals surface area contributed by atoms with Gasteiger partial charge in [-0.1, -0.05) is 25.4 Å². The van der Waals surface area contributed by atoms with Crippen LogP contribution in [0.15, 0.2) is 16.6 Å². The maximum Gasteiger partial charge on any atom is 0.0667 e. The van der Waals surface area contributed by atoms with Crippen LogP contribution in [-0.4, -0.2) is 18.8 Å². The second-order valence-electron chi connectivity index (χ2n) is 5.82. The molecule has 3 unspecified atom stereocenters. The Morgan fingerprint density at radius 3 is 2.75 bits per heavy atom. The molecule has 2 rings (SSSR count). The highest BCUT2D eigenvalue weighted by molar-refractivity contribution is 9.10. The number of anilines is 1. The van der Waals surface area contributed by atoms with Gasteiger partial charge in [0.1, 0.15) is 0 Å². The van der Waals surface area contributed by atoms with Crippen molar-refractivity contribution in [1.82, 2.24) is 0 Å². The van der Waals surface area contributed by atoms with Crippen LogP contribution in [0.5, 0.6) is 0 Å². The Morgan fingerprint density at radius 1 is 1.45 bits per heavy atom. The van der Waals surface area contributed by atoms with Crippen molar-refractivity contribution in [2.75, 3.05) is 11.9 Å². The first-order chi connectivity index (χ1) is 9.42. The molecule has 1 aromatic rings. The molecule has 0 spiro atoms. The van der Waals surface area contributed by atoms with Crippen LogP contribution in [0.25, 0.3) is 0 Å². The first-order valence-corrected chi connectivity index (χ1v) is 8.43. The molecule has 20 heavy (non-hydrogen) atoms. The van der Waals surface area contributed by atoms with Crippen molar-refractivity contribution in [2.24, 2.45) is 5.41 Å². The fourth-order valence-corrected chi connectivity index (χ4v) is 3.65. The van der Waals surface area contributed by atoms with E-state index in [1.54, 1.807) is 0 Å². The van der Waals surface area contributed by atoms with Gasteiger partial charge in [-0.15, -0.1) is 0 Å². The Morgan fingerprint density at radius 2 is 2.15 bits per heavy atom. The van der Waals surface area contributed by atoms with Crippen LogP contribution in [0.3, 0.4) is 0 Å². The number of halogens is 2. The molecule has 1 aliphatic carbocycles. The fourth-order valence-electron chi connectivity index (χ4n) is 2.92. The number of hydrogen-bond donors (Lipinski definition) is 1. The van der Waals surface area contributed by atoms with Gasteiger partial charge in [-0.25, -0.2) is 0 Å². The number of ether oxygens (including phenoxy) is 1. The van der Waals surface area contributed by atoms with E-state index in [0.29, 0.717) is 12.1 Å². The zero-order valence-corrected chi connectivity index (χ0v) is 14.9. The van der Waals surface area contributed by atoms with Crippen molar-refractivity contribution < 1.29 is 4.74 Å². The van der Waals surface area contributed by atoms with Crippen LogP contribution in [-0.2, 0) is 4.74 Å². The summed E-state index contributed by atoms with van der Waals surface area (Å²) < 4.78 is 6.91. The standard InChI is InChI=1S/C16H23BrClNO/c1-5-16(4)14(9-15(16)20-6-2)19-13-8-12(18)10(3)7-11(13)17/h7-8,14-15,19H,5-6,9H2,1-4H3. The van der Waals surface area contributed by atoms with E-state index in [-0.39, 0.29) is 5.41 Å². The minimum atomic E-state index is 0.187. The minimum absolute atomic E-state index is 0.187. The molecule has 0 heterocycles. The van der Waals surface area contributed by atoms with Gasteiger partial charge in [-0.2, -0.15) is 0 Å². The van der Waals surface area contributed by atoms with Gasteiger partial charge in [0, 0.05) is 27.6 Å². The minimum Gasteiger partial charge on any atom is -0.381 e. The molecule has 1 aromatic carbocycles. The van der Waals surface area contributed by atoms with Gasteiger partial charge >= 0.3 is 0 Å². The molecule has 1 aliphatic rings. The summed E-state index contributed by atoms with van der Waals surface area (Å²) in [5.74, 6) is 0. The quantitative estimate of drug-likeness (QED) is 0.757. The molecule has 0 bridgehead atoms. The van der Waals surface area contributed by atoms with Crippen molar-refractivity contribution in [3.05, 3.63) is 27.2 Å². The topological polar surface area (TPSA) is 21.3 Å². The Kier molecular flexibility index (Phi) is 5.04. The lowest BCUT2D eigenvalue weighted by atomic mass is 9.61. The maximum absolute atomic E-state index is 6.23. The van der Waals surface area contributed by atoms with E-state index >= 15 is 0 Å². The Hall–Kier alpha value is -0.250. The number of benzene rings is 1. The van der Waals surface area contributed by atoms with Gasteiger partial charge in [0.15, 0.2) is 0 Å². The van der Waals surface area contributed by atoms with Crippen LogP contribution >= 0.6 is 27.5 Å². The van der Waals surface area contributed by atoms with Gasteiger partial charge < -0.3 is 10.1 Å². The first-order valence-electron chi connectivity index (χ1n) is 7.26. The van der Waals surface area contributed by atoms with Crippen molar-refractivity contribution in [3.8, 4) is 0 Å². The maximum atomic E-state index is 6.23. The van der Waals surface area contributed by atoms with E-state index in [2.05, 4.69) is 48.1 Å². The van der Waals surface area contributed by atoms with Crippen LogP contribution < -0.4 is 5.32 Å². The highest BCUT2D eigenvalue weighted by atomic mass is 79.9. The SMILES string of the molecule is CCOC1CC(Nc2cc(Cl)c(C)cc2Br)C1(C)CC. The molecule has 2 nitrogen and oxygen atoms in total. The highest BCUT2D eigenvalue weighted by Crippen LogP contribution is 2.48. The van der Waals surface area contributed by atoms with Gasteiger partial charge in [0.2, 0.25) is 0 Å². The summed E-state index contributed by atoms with van der Waals surface area (Å²) in [6, 6.07) is 4.50. The van der Waals surface area contributed by atoms with E-state index in [1.165, 1.54) is 0 Å². The molecule has 0 amide bonds. The fraction of sp³-hybridized carbons (Fsp3) is 0.625. The van der Waals surface area contributed by atoms with E-state index in [1.807, 2.05) is 13.0 Å². The van der Waals surface area contributed by atoms with E-state index in [4.69, 9.17) is 16.3 Å². The molecular weight excluding hydrogens is 338 g/mol. The average Bonchev–Trinajstić information content (AvgIpc) is 2.42. The monoisotopic (exact) mass is 359 g/mol. The van der Waals surface area contributed by atoms with Crippen molar-refractivity contribution in [1.29, 1.82) is 0 Å². The Balaban J connectivity index is 2.13. The van der Waals surface area contributed by atoms with Crippen LogP contribution in [0.2, 0.25) is 5.02 Å². The molecule has 112 valence electrons. The average molecular weight is 361 g/mol. The first kappa shape index (κ1) is 16.1. The van der Waals surface area contributed by atoms with Crippen LogP contribution in [0.4, 0.5) is 5.69 Å². The largest absolute Gasteiger partial charge is 0.381 e. The number of hydrogen-bond acceptors (Lipinski definition) is 2. The molecule has 0 saturated heterocycles. The van der Waals surface area contributed by atoms with E-state index in [0.717, 1.165) is 40.2 Å². The Labute approximate surface area is 135 Å². The Bertz CT molecular complexity index is 494. The van der Waals surface area contributed by atoms with Gasteiger partial charge in [-0.3, -0.25) is 0 Å². The summed E-state index contributed by atoms with van der Waals surface area (Å²) in [5, 5.41) is 4.43. The second kappa shape index (κ2) is 6.25. The van der Waals surface area contributed by atoms with Crippen molar-refractivity contribution >= 4 is 33.2 Å². The lowest BCUT2D eigenvalue weighted by molar-refractivity contribution is -0.109. The van der Waals surface area contributed by atoms with Crippen molar-refractivity contribution in [3.63, 3.8) is 0 Å². The number of rotatable bonds is 5. The summed E-state index contributed by atoms with van der Waals surface area (Å²) >= 11 is 9.84. The van der Waals surface area contributed by atoms with E-state index < -0.39 is 0 Å². The van der Waals surface area contributed by atoms with Crippen LogP contribution in [0, 0.1) is 12.3 Å². The molecule has 4 heteroatoms. The normalized spacial score (nSPS) is 29.1. The summed E-state index contributed by atoms with van der Waals surface area (Å²) in [6.07, 6.45) is 2.51. The lowest BCUT2D eigenvalue weighted by Crippen LogP contribution is -2.59. The zero-order chi connectivity index (χ0) is 14.9. The van der Waals surface area contributed by atoms with Gasteiger partial charge in [0.05, 0.1) is 11.8 Å².